The zero-order chi connectivity index (χ0) is 22.5. The maximum atomic E-state index is 13.1. The number of aryl methyl sites for hydroxylation is 1. The Morgan fingerprint density at radius 3 is 2.28 bits per heavy atom. The van der Waals surface area contributed by atoms with Crippen LogP contribution >= 0.6 is 0 Å². The monoisotopic (exact) mass is 426 g/mol. The van der Waals surface area contributed by atoms with E-state index in [-0.39, 0.29) is 5.78 Å². The predicted molar refractivity (Wildman–Crippen MR) is 131 cm³/mol. The first-order valence-corrected chi connectivity index (χ1v) is 11.1. The van der Waals surface area contributed by atoms with Crippen molar-refractivity contribution in [1.82, 2.24) is 0 Å². The van der Waals surface area contributed by atoms with Gasteiger partial charge in [-0.15, -0.1) is 0 Å². The highest BCUT2D eigenvalue weighted by atomic mass is 16.1. The molecule has 0 aromatic heterocycles. The molecule has 5 heteroatoms. The van der Waals surface area contributed by atoms with Gasteiger partial charge in [-0.1, -0.05) is 78.9 Å². The maximum Gasteiger partial charge on any atom is 0.177 e. The topological polar surface area (TPSA) is 84.7 Å². The first kappa shape index (κ1) is 21.9. The minimum absolute atomic E-state index is 0.146. The lowest BCUT2D eigenvalue weighted by Crippen LogP contribution is -2.55. The number of fused-ring (bicyclic) bond motifs is 1. The highest BCUT2D eigenvalue weighted by Crippen LogP contribution is 2.30. The molecule has 0 bridgehead atoms. The normalized spacial score (nSPS) is 19.0. The molecule has 3 unspecified atom stereocenters. The van der Waals surface area contributed by atoms with Crippen molar-refractivity contribution in [2.75, 3.05) is 11.4 Å². The van der Waals surface area contributed by atoms with Gasteiger partial charge in [0.2, 0.25) is 0 Å². The lowest BCUT2D eigenvalue weighted by Gasteiger charge is -2.33. The molecule has 0 spiro atoms. The zero-order valence-corrected chi connectivity index (χ0v) is 18.4. The van der Waals surface area contributed by atoms with Crippen molar-refractivity contribution in [2.45, 2.75) is 38.0 Å². The Kier molecular flexibility index (Phi) is 6.78. The number of benzene rings is 3. The van der Waals surface area contributed by atoms with Crippen LogP contribution in [-0.2, 0) is 11.2 Å². The molecule has 32 heavy (non-hydrogen) atoms. The van der Waals surface area contributed by atoms with Crippen molar-refractivity contribution in [2.24, 2.45) is 16.5 Å². The minimum atomic E-state index is -0.741. The first-order valence-electron chi connectivity index (χ1n) is 11.1. The number of hydrogen-bond acceptors (Lipinski definition) is 5. The molecule has 164 valence electrons. The molecule has 3 aromatic carbocycles. The molecule has 0 saturated carbocycles. The molecule has 3 atom stereocenters. The molecule has 5 nitrogen and oxygen atoms in total. The third-order valence-electron chi connectivity index (χ3n) is 5.91. The summed E-state index contributed by atoms with van der Waals surface area (Å²) in [4.78, 5) is 20.1. The number of benzodiazepines with no additional fused rings is 1. The number of rotatable bonds is 7. The summed E-state index contributed by atoms with van der Waals surface area (Å²) >= 11 is 0. The number of carbonyl (C=O) groups excluding carboxylic acids is 1. The number of para-hydroxylation sites is 1. The van der Waals surface area contributed by atoms with Gasteiger partial charge in [-0.05, 0) is 31.4 Å². The Hall–Kier alpha value is -3.28. The van der Waals surface area contributed by atoms with Gasteiger partial charge >= 0.3 is 0 Å². The van der Waals surface area contributed by atoms with Crippen molar-refractivity contribution < 1.29 is 4.79 Å². The minimum Gasteiger partial charge on any atom is -0.353 e. The lowest BCUT2D eigenvalue weighted by atomic mass is 10.00. The van der Waals surface area contributed by atoms with Crippen LogP contribution in [0.25, 0.3) is 0 Å². The average molecular weight is 427 g/mol. The van der Waals surface area contributed by atoms with E-state index in [4.69, 9.17) is 16.5 Å². The highest BCUT2D eigenvalue weighted by molar-refractivity contribution is 6.17. The van der Waals surface area contributed by atoms with E-state index in [2.05, 4.69) is 41.3 Å². The number of hydrogen-bond donors (Lipinski definition) is 2. The van der Waals surface area contributed by atoms with E-state index < -0.39 is 18.2 Å². The summed E-state index contributed by atoms with van der Waals surface area (Å²) < 4.78 is 0. The van der Waals surface area contributed by atoms with Gasteiger partial charge in [-0.25, -0.2) is 0 Å². The maximum absolute atomic E-state index is 13.1. The molecule has 0 saturated heterocycles. The van der Waals surface area contributed by atoms with Crippen LogP contribution in [-0.4, -0.2) is 36.3 Å². The van der Waals surface area contributed by atoms with E-state index in [0.29, 0.717) is 6.54 Å². The van der Waals surface area contributed by atoms with E-state index in [9.17, 15) is 4.79 Å². The second kappa shape index (κ2) is 9.90. The van der Waals surface area contributed by atoms with E-state index in [1.54, 1.807) is 6.92 Å². The number of nitrogens with two attached hydrogens (primary N) is 2. The fourth-order valence-electron chi connectivity index (χ4n) is 4.24. The quantitative estimate of drug-likeness (QED) is 0.605. The standard InChI is InChI=1S/C27H30N4O/c1-19(28)26(32)25-27(29)31(18-10-13-20-11-4-2-5-12-20)23-17-9-8-16-22(23)24(30-25)21-14-6-3-7-15-21/h2-9,11-12,14-17,19,25,27H,10,13,18,28-29H2,1H3. The number of ketones is 1. The molecule has 1 aliphatic rings. The van der Waals surface area contributed by atoms with Crippen LogP contribution < -0.4 is 16.4 Å². The number of aliphatic imine (C=N–C) groups is 1. The Bertz CT molecular complexity index is 1080. The Labute approximate surface area is 189 Å². The van der Waals surface area contributed by atoms with Crippen LogP contribution in [0.2, 0.25) is 0 Å². The SMILES string of the molecule is CC(N)C(=O)C1N=C(c2ccccc2)c2ccccc2N(CCCc2ccccc2)C1N. The zero-order valence-electron chi connectivity index (χ0n) is 18.4. The van der Waals surface area contributed by atoms with Gasteiger partial charge in [0.25, 0.3) is 0 Å². The van der Waals surface area contributed by atoms with Crippen LogP contribution in [0.4, 0.5) is 5.69 Å². The predicted octanol–water partition coefficient (Wildman–Crippen LogP) is 3.55. The second-order valence-corrected chi connectivity index (χ2v) is 8.27. The molecular formula is C27H30N4O. The molecule has 1 aliphatic heterocycles. The van der Waals surface area contributed by atoms with Gasteiger partial charge in [-0.3, -0.25) is 9.79 Å². The summed E-state index contributed by atoms with van der Waals surface area (Å²) in [6.07, 6.45) is 1.25. The lowest BCUT2D eigenvalue weighted by molar-refractivity contribution is -0.121. The number of Topliss-reactive ketones (excluding diaryl/α,β-unsaturated/α-hetero) is 1. The first-order chi connectivity index (χ1) is 15.6. The van der Waals surface area contributed by atoms with Gasteiger partial charge in [0.1, 0.15) is 12.2 Å². The molecule has 4 N–H and O–H groups in total. The fourth-order valence-corrected chi connectivity index (χ4v) is 4.24. The van der Waals surface area contributed by atoms with Crippen molar-refractivity contribution in [3.05, 3.63) is 102 Å². The summed E-state index contributed by atoms with van der Waals surface area (Å²) in [5, 5.41) is 0. The van der Waals surface area contributed by atoms with Gasteiger partial charge in [0.15, 0.2) is 5.78 Å². The summed E-state index contributed by atoms with van der Waals surface area (Å²) in [6.45, 7) is 2.41. The summed E-state index contributed by atoms with van der Waals surface area (Å²) in [6, 6.07) is 27.1. The van der Waals surface area contributed by atoms with Crippen molar-refractivity contribution in [3.63, 3.8) is 0 Å². The van der Waals surface area contributed by atoms with E-state index in [0.717, 1.165) is 35.4 Å². The molecule has 4 rings (SSSR count). The molecule has 0 amide bonds. The van der Waals surface area contributed by atoms with Crippen LogP contribution in [0.15, 0.2) is 89.9 Å². The van der Waals surface area contributed by atoms with Crippen LogP contribution in [0.1, 0.15) is 30.0 Å². The smallest absolute Gasteiger partial charge is 0.177 e. The van der Waals surface area contributed by atoms with E-state index in [1.165, 1.54) is 5.56 Å². The molecule has 0 fully saturated rings. The van der Waals surface area contributed by atoms with Crippen molar-refractivity contribution in [1.29, 1.82) is 0 Å². The number of anilines is 1. The third kappa shape index (κ3) is 4.64. The Morgan fingerprint density at radius 1 is 0.969 bits per heavy atom. The molecular weight excluding hydrogens is 396 g/mol. The number of carbonyl (C=O) groups is 1. The molecule has 0 radical (unpaired) electrons. The van der Waals surface area contributed by atoms with Gasteiger partial charge in [-0.2, -0.15) is 0 Å². The summed E-state index contributed by atoms with van der Waals surface area (Å²) in [5.74, 6) is -0.146. The van der Waals surface area contributed by atoms with Crippen LogP contribution in [0.3, 0.4) is 0 Å². The molecule has 3 aromatic rings. The largest absolute Gasteiger partial charge is 0.353 e. The van der Waals surface area contributed by atoms with Crippen LogP contribution in [0.5, 0.6) is 0 Å². The van der Waals surface area contributed by atoms with Gasteiger partial charge < -0.3 is 16.4 Å². The van der Waals surface area contributed by atoms with E-state index in [1.807, 2.05) is 48.5 Å². The molecule has 0 aliphatic carbocycles. The average Bonchev–Trinajstić information content (AvgIpc) is 2.95. The summed E-state index contributed by atoms with van der Waals surface area (Å²) in [5.41, 5.74) is 17.7. The third-order valence-corrected chi connectivity index (χ3v) is 5.91. The fraction of sp³-hybridized carbons (Fsp3) is 0.259. The number of nitrogens with zero attached hydrogens (tertiary/aromatic N) is 2. The van der Waals surface area contributed by atoms with Crippen LogP contribution in [0, 0.1) is 0 Å². The highest BCUT2D eigenvalue weighted by Gasteiger charge is 2.36. The Morgan fingerprint density at radius 2 is 1.59 bits per heavy atom. The molecule has 1 heterocycles. The second-order valence-electron chi connectivity index (χ2n) is 8.27. The van der Waals surface area contributed by atoms with Crippen molar-refractivity contribution >= 4 is 17.2 Å². The van der Waals surface area contributed by atoms with Gasteiger partial charge in [0.05, 0.1) is 11.8 Å². The van der Waals surface area contributed by atoms with Crippen molar-refractivity contribution in [3.8, 4) is 0 Å². The summed E-state index contributed by atoms with van der Waals surface area (Å²) in [7, 11) is 0. The van der Waals surface area contributed by atoms with Gasteiger partial charge in [0, 0.05) is 23.4 Å². The van der Waals surface area contributed by atoms with E-state index >= 15 is 0 Å². The Balaban J connectivity index is 1.73.